The van der Waals surface area contributed by atoms with Crippen molar-refractivity contribution in [2.75, 3.05) is 0 Å². The number of aromatic carboxylic acids is 1. The Morgan fingerprint density at radius 3 is 2.45 bits per heavy atom. The van der Waals surface area contributed by atoms with Crippen LogP contribution in [-0.2, 0) is 0 Å². The van der Waals surface area contributed by atoms with Gasteiger partial charge in [-0.3, -0.25) is 4.57 Å². The summed E-state index contributed by atoms with van der Waals surface area (Å²) in [5, 5.41) is 10.0. The number of carbonyl (C=O) groups is 1. The third-order valence-corrected chi connectivity index (χ3v) is 5.13. The predicted octanol–water partition coefficient (Wildman–Crippen LogP) is 5.37. The van der Waals surface area contributed by atoms with Gasteiger partial charge in [0, 0.05) is 6.20 Å². The van der Waals surface area contributed by atoms with Gasteiger partial charge >= 0.3 is 5.97 Å². The summed E-state index contributed by atoms with van der Waals surface area (Å²) in [4.78, 5) is 16.2. The summed E-state index contributed by atoms with van der Waals surface area (Å²) >= 11 is 17.3. The van der Waals surface area contributed by atoms with Crippen molar-refractivity contribution in [1.29, 1.82) is 0 Å². The summed E-state index contributed by atoms with van der Waals surface area (Å²) in [6, 6.07) is 8.83. The topological polar surface area (TPSA) is 55.1 Å². The van der Waals surface area contributed by atoms with Gasteiger partial charge in [-0.15, -0.1) is 11.3 Å². The zero-order valence-electron chi connectivity index (χ0n) is 10.8. The normalized spacial score (nSPS) is 10.9. The molecule has 0 spiro atoms. The van der Waals surface area contributed by atoms with E-state index in [4.69, 9.17) is 23.2 Å². The van der Waals surface area contributed by atoms with Gasteiger partial charge in [0.05, 0.1) is 24.4 Å². The Morgan fingerprint density at radius 2 is 1.91 bits per heavy atom. The predicted molar refractivity (Wildman–Crippen MR) is 91.6 cm³/mol. The number of thiophene rings is 1. The highest BCUT2D eigenvalue weighted by molar-refractivity contribution is 9.11. The smallest absolute Gasteiger partial charge is 0.356 e. The molecule has 0 unspecified atom stereocenters. The fraction of sp³-hybridized carbons (Fsp3) is 0. The van der Waals surface area contributed by atoms with Crippen molar-refractivity contribution in [3.63, 3.8) is 0 Å². The van der Waals surface area contributed by atoms with Gasteiger partial charge in [0.25, 0.3) is 0 Å². The van der Waals surface area contributed by atoms with Crippen LogP contribution >= 0.6 is 50.5 Å². The van der Waals surface area contributed by atoms with E-state index in [0.717, 1.165) is 8.66 Å². The summed E-state index contributed by atoms with van der Waals surface area (Å²) in [6.45, 7) is 0. The van der Waals surface area contributed by atoms with Crippen LogP contribution in [0.4, 0.5) is 0 Å². The minimum Gasteiger partial charge on any atom is -0.476 e. The molecule has 0 fully saturated rings. The number of imidazole rings is 1. The third kappa shape index (κ3) is 2.79. The molecule has 8 heteroatoms. The van der Waals surface area contributed by atoms with Crippen molar-refractivity contribution >= 4 is 56.4 Å². The molecule has 22 heavy (non-hydrogen) atoms. The lowest BCUT2D eigenvalue weighted by molar-refractivity contribution is 0.0691. The molecule has 112 valence electrons. The van der Waals surface area contributed by atoms with Gasteiger partial charge in [-0.2, -0.15) is 0 Å². The molecule has 1 N–H and O–H groups in total. The van der Waals surface area contributed by atoms with Crippen LogP contribution in [0.5, 0.6) is 0 Å². The Hall–Kier alpha value is -1.34. The largest absolute Gasteiger partial charge is 0.476 e. The van der Waals surface area contributed by atoms with Crippen LogP contribution < -0.4 is 0 Å². The molecule has 0 saturated heterocycles. The summed E-state index contributed by atoms with van der Waals surface area (Å²) in [7, 11) is 0. The molecule has 1 aromatic carbocycles. The van der Waals surface area contributed by atoms with Gasteiger partial charge in [0.2, 0.25) is 0 Å². The fourth-order valence-corrected chi connectivity index (χ4v) is 3.93. The summed E-state index contributed by atoms with van der Waals surface area (Å²) in [5.41, 5.74) is 0.431. The number of para-hydroxylation sites is 1. The maximum Gasteiger partial charge on any atom is 0.356 e. The minimum atomic E-state index is -1.11. The molecule has 3 rings (SSSR count). The van der Waals surface area contributed by atoms with E-state index in [1.54, 1.807) is 22.8 Å². The lowest BCUT2D eigenvalue weighted by Crippen LogP contribution is -1.97. The summed E-state index contributed by atoms with van der Waals surface area (Å²) < 4.78 is 2.52. The monoisotopic (exact) mass is 416 g/mol. The molecule has 2 heterocycles. The number of aromatic nitrogens is 2. The van der Waals surface area contributed by atoms with Gasteiger partial charge in [-0.25, -0.2) is 9.78 Å². The maximum absolute atomic E-state index is 11.3. The lowest BCUT2D eigenvalue weighted by Gasteiger charge is -2.10. The number of carboxylic acids is 1. The lowest BCUT2D eigenvalue weighted by atomic mass is 10.3. The first kappa shape index (κ1) is 15.6. The number of carboxylic acid groups (broad SMARTS) is 1. The highest BCUT2D eigenvalue weighted by Gasteiger charge is 2.20. The highest BCUT2D eigenvalue weighted by Crippen LogP contribution is 2.36. The van der Waals surface area contributed by atoms with Crippen LogP contribution in [0.1, 0.15) is 10.5 Å². The Balaban J connectivity index is 2.28. The zero-order valence-corrected chi connectivity index (χ0v) is 14.7. The van der Waals surface area contributed by atoms with Crippen molar-refractivity contribution in [3.05, 3.63) is 56.1 Å². The number of benzene rings is 1. The third-order valence-electron chi connectivity index (χ3n) is 2.90. The van der Waals surface area contributed by atoms with Gasteiger partial charge in [0.1, 0.15) is 0 Å². The average Bonchev–Trinajstić information content (AvgIpc) is 3.05. The second-order valence-corrected chi connectivity index (χ2v) is 7.58. The number of halogens is 3. The van der Waals surface area contributed by atoms with Gasteiger partial charge < -0.3 is 5.11 Å². The van der Waals surface area contributed by atoms with Crippen LogP contribution in [0.15, 0.2) is 40.3 Å². The van der Waals surface area contributed by atoms with Gasteiger partial charge in [-0.05, 0) is 40.2 Å². The van der Waals surface area contributed by atoms with Crippen LogP contribution in [-0.4, -0.2) is 20.6 Å². The Labute approximate surface area is 148 Å². The van der Waals surface area contributed by atoms with E-state index in [9.17, 15) is 9.90 Å². The second kappa shape index (κ2) is 6.04. The molecule has 0 aliphatic carbocycles. The molecule has 4 nitrogen and oxygen atoms in total. The van der Waals surface area contributed by atoms with Crippen LogP contribution in [0.2, 0.25) is 10.0 Å². The maximum atomic E-state index is 11.3. The molecule has 0 radical (unpaired) electrons. The van der Waals surface area contributed by atoms with E-state index < -0.39 is 5.97 Å². The SMILES string of the molecule is O=C(O)c1cn(-c2c(Cl)cccc2Cl)c(-c2ccc(Br)s2)n1. The zero-order chi connectivity index (χ0) is 15.9. The molecule has 0 atom stereocenters. The van der Waals surface area contributed by atoms with Crippen molar-refractivity contribution in [2.45, 2.75) is 0 Å². The second-order valence-electron chi connectivity index (χ2n) is 4.30. The molecule has 0 aliphatic heterocycles. The first-order chi connectivity index (χ1) is 10.5. The van der Waals surface area contributed by atoms with Crippen LogP contribution in [0.3, 0.4) is 0 Å². The van der Waals surface area contributed by atoms with Crippen LogP contribution in [0, 0.1) is 0 Å². The average molecular weight is 418 g/mol. The Kier molecular flexibility index (Phi) is 4.27. The van der Waals surface area contributed by atoms with Gasteiger partial charge in [-0.1, -0.05) is 29.3 Å². The van der Waals surface area contributed by atoms with Crippen LogP contribution in [0.25, 0.3) is 16.4 Å². The molecule has 0 amide bonds. The molecule has 0 saturated carbocycles. The first-order valence-corrected chi connectivity index (χ1v) is 8.36. The minimum absolute atomic E-state index is 0.0736. The molecule has 3 aromatic rings. The van der Waals surface area contributed by atoms with Crippen molar-refractivity contribution in [2.24, 2.45) is 0 Å². The van der Waals surface area contributed by atoms with Gasteiger partial charge in [0.15, 0.2) is 11.5 Å². The molecule has 0 bridgehead atoms. The van der Waals surface area contributed by atoms with E-state index in [-0.39, 0.29) is 5.69 Å². The number of nitrogens with zero attached hydrogens (tertiary/aromatic N) is 2. The van der Waals surface area contributed by atoms with Crippen molar-refractivity contribution in [3.8, 4) is 16.4 Å². The number of rotatable bonds is 3. The summed E-state index contributed by atoms with van der Waals surface area (Å²) in [5.74, 6) is -0.637. The Bertz CT molecular complexity index is 855. The van der Waals surface area contributed by atoms with E-state index in [1.807, 2.05) is 12.1 Å². The van der Waals surface area contributed by atoms with E-state index in [2.05, 4.69) is 20.9 Å². The summed E-state index contributed by atoms with van der Waals surface area (Å²) in [6.07, 6.45) is 1.42. The molecular weight excluding hydrogens is 411 g/mol. The molecular formula is C14H7BrCl2N2O2S. The Morgan fingerprint density at radius 1 is 1.23 bits per heavy atom. The van der Waals surface area contributed by atoms with Crippen molar-refractivity contribution in [1.82, 2.24) is 9.55 Å². The quantitative estimate of drug-likeness (QED) is 0.623. The first-order valence-electron chi connectivity index (χ1n) is 6.00. The van der Waals surface area contributed by atoms with Crippen molar-refractivity contribution < 1.29 is 9.90 Å². The number of hydrogen-bond donors (Lipinski definition) is 1. The number of hydrogen-bond acceptors (Lipinski definition) is 3. The van der Waals surface area contributed by atoms with E-state index in [0.29, 0.717) is 21.6 Å². The van der Waals surface area contributed by atoms with E-state index in [1.165, 1.54) is 17.5 Å². The fourth-order valence-electron chi connectivity index (χ4n) is 1.98. The molecule has 0 aliphatic rings. The molecule has 2 aromatic heterocycles. The van der Waals surface area contributed by atoms with E-state index >= 15 is 0 Å². The highest BCUT2D eigenvalue weighted by atomic mass is 79.9. The standard InChI is InChI=1S/C14H7BrCl2N2O2S/c15-11-5-4-10(22-11)13-18-9(14(20)21)6-19(13)12-7(16)2-1-3-8(12)17/h1-6H,(H,20,21).